The van der Waals surface area contributed by atoms with E-state index < -0.39 is 4.92 Å². The van der Waals surface area contributed by atoms with Gasteiger partial charge in [0.25, 0.3) is 5.69 Å². The fourth-order valence-electron chi connectivity index (χ4n) is 2.12. The van der Waals surface area contributed by atoms with Crippen molar-refractivity contribution in [3.63, 3.8) is 0 Å². The predicted molar refractivity (Wildman–Crippen MR) is 84.9 cm³/mol. The van der Waals surface area contributed by atoms with Crippen LogP contribution in [0, 0.1) is 10.1 Å². The van der Waals surface area contributed by atoms with Crippen molar-refractivity contribution in [2.45, 2.75) is 18.9 Å². The zero-order valence-electron chi connectivity index (χ0n) is 11.1. The van der Waals surface area contributed by atoms with Gasteiger partial charge in [0, 0.05) is 23.2 Å². The number of nitrogens with zero attached hydrogens (tertiary/aromatic N) is 1. The standard InChI is InChI=1S/C15H14Cl2N2O2/c16-14-4-2-1-3-10(14)7-12(18)8-11-5-6-13(19(20)21)9-15(11)17/h1-6,9,12H,7-8,18H2. The van der Waals surface area contributed by atoms with Crippen molar-refractivity contribution >= 4 is 28.9 Å². The number of hydrogen-bond acceptors (Lipinski definition) is 3. The first-order chi connectivity index (χ1) is 9.97. The maximum Gasteiger partial charge on any atom is 0.270 e. The second kappa shape index (κ2) is 6.89. The van der Waals surface area contributed by atoms with Gasteiger partial charge in [0.2, 0.25) is 0 Å². The summed E-state index contributed by atoms with van der Waals surface area (Å²) >= 11 is 12.2. The molecule has 21 heavy (non-hydrogen) atoms. The number of nitro groups is 1. The normalized spacial score (nSPS) is 12.1. The van der Waals surface area contributed by atoms with Gasteiger partial charge in [0.05, 0.1) is 9.95 Å². The van der Waals surface area contributed by atoms with Crippen LogP contribution in [-0.4, -0.2) is 11.0 Å². The first-order valence-corrected chi connectivity index (χ1v) is 7.14. The highest BCUT2D eigenvalue weighted by Crippen LogP contribution is 2.24. The Morgan fingerprint density at radius 2 is 1.67 bits per heavy atom. The Morgan fingerprint density at radius 1 is 1.05 bits per heavy atom. The van der Waals surface area contributed by atoms with E-state index in [-0.39, 0.29) is 11.7 Å². The Hall–Kier alpha value is -1.62. The molecule has 1 unspecified atom stereocenters. The second-order valence-corrected chi connectivity index (χ2v) is 5.61. The quantitative estimate of drug-likeness (QED) is 0.667. The molecule has 0 heterocycles. The molecule has 1 atom stereocenters. The number of halogens is 2. The van der Waals surface area contributed by atoms with Crippen LogP contribution in [0.4, 0.5) is 5.69 Å². The molecule has 0 fully saturated rings. The molecule has 0 amide bonds. The highest BCUT2D eigenvalue weighted by Gasteiger charge is 2.13. The van der Waals surface area contributed by atoms with Gasteiger partial charge in [-0.05, 0) is 30.0 Å². The van der Waals surface area contributed by atoms with Crippen LogP contribution in [0.5, 0.6) is 0 Å². The van der Waals surface area contributed by atoms with E-state index in [4.69, 9.17) is 28.9 Å². The van der Waals surface area contributed by atoms with Gasteiger partial charge in [-0.15, -0.1) is 0 Å². The summed E-state index contributed by atoms with van der Waals surface area (Å²) in [7, 11) is 0. The van der Waals surface area contributed by atoms with Gasteiger partial charge >= 0.3 is 0 Å². The SMILES string of the molecule is NC(Cc1ccccc1Cl)Cc1ccc([N+](=O)[O-])cc1Cl. The van der Waals surface area contributed by atoms with Crippen LogP contribution in [-0.2, 0) is 12.8 Å². The Labute approximate surface area is 132 Å². The minimum absolute atomic E-state index is 0.0246. The van der Waals surface area contributed by atoms with Crippen molar-refractivity contribution in [1.29, 1.82) is 0 Å². The average molecular weight is 325 g/mol. The molecule has 0 radical (unpaired) electrons. The summed E-state index contributed by atoms with van der Waals surface area (Å²) < 4.78 is 0. The van der Waals surface area contributed by atoms with Gasteiger partial charge in [0.15, 0.2) is 0 Å². The van der Waals surface area contributed by atoms with E-state index in [0.717, 1.165) is 11.1 Å². The number of nitro benzene ring substituents is 1. The fraction of sp³-hybridized carbons (Fsp3) is 0.200. The van der Waals surface area contributed by atoms with E-state index in [1.807, 2.05) is 24.3 Å². The molecule has 0 saturated heterocycles. The lowest BCUT2D eigenvalue weighted by Gasteiger charge is -2.13. The Kier molecular flexibility index (Phi) is 5.17. The van der Waals surface area contributed by atoms with Gasteiger partial charge < -0.3 is 5.73 Å². The third kappa shape index (κ3) is 4.17. The van der Waals surface area contributed by atoms with Gasteiger partial charge in [-0.1, -0.05) is 47.5 Å². The molecular weight excluding hydrogens is 311 g/mol. The zero-order chi connectivity index (χ0) is 15.4. The molecule has 2 N–H and O–H groups in total. The summed E-state index contributed by atoms with van der Waals surface area (Å²) in [4.78, 5) is 10.2. The van der Waals surface area contributed by atoms with Crippen molar-refractivity contribution < 1.29 is 4.92 Å². The van der Waals surface area contributed by atoms with E-state index in [0.29, 0.717) is 22.9 Å². The van der Waals surface area contributed by atoms with E-state index >= 15 is 0 Å². The molecule has 0 saturated carbocycles. The molecule has 0 spiro atoms. The van der Waals surface area contributed by atoms with E-state index in [2.05, 4.69) is 0 Å². The molecule has 4 nitrogen and oxygen atoms in total. The lowest BCUT2D eigenvalue weighted by atomic mass is 9.99. The van der Waals surface area contributed by atoms with Crippen LogP contribution in [0.3, 0.4) is 0 Å². The predicted octanol–water partition coefficient (Wildman–Crippen LogP) is 4.01. The van der Waals surface area contributed by atoms with Gasteiger partial charge in [-0.2, -0.15) is 0 Å². The van der Waals surface area contributed by atoms with Crippen LogP contribution in [0.15, 0.2) is 42.5 Å². The molecule has 6 heteroatoms. The average Bonchev–Trinajstić information content (AvgIpc) is 2.43. The van der Waals surface area contributed by atoms with Crippen LogP contribution in [0.25, 0.3) is 0 Å². The fourth-order valence-corrected chi connectivity index (χ4v) is 2.58. The number of non-ortho nitro benzene ring substituents is 1. The minimum Gasteiger partial charge on any atom is -0.327 e. The number of rotatable bonds is 5. The topological polar surface area (TPSA) is 69.2 Å². The summed E-state index contributed by atoms with van der Waals surface area (Å²) in [6.45, 7) is 0. The van der Waals surface area contributed by atoms with Crippen molar-refractivity contribution in [1.82, 2.24) is 0 Å². The van der Waals surface area contributed by atoms with E-state index in [9.17, 15) is 10.1 Å². The molecule has 2 aromatic rings. The molecule has 2 rings (SSSR count). The summed E-state index contributed by atoms with van der Waals surface area (Å²) in [6.07, 6.45) is 1.15. The smallest absolute Gasteiger partial charge is 0.270 e. The van der Waals surface area contributed by atoms with Gasteiger partial charge in [0.1, 0.15) is 0 Å². The molecule has 110 valence electrons. The minimum atomic E-state index is -0.473. The third-order valence-electron chi connectivity index (χ3n) is 3.17. The number of benzene rings is 2. The largest absolute Gasteiger partial charge is 0.327 e. The molecular formula is C15H14Cl2N2O2. The van der Waals surface area contributed by atoms with Crippen LogP contribution < -0.4 is 5.73 Å². The first-order valence-electron chi connectivity index (χ1n) is 6.39. The molecule has 0 aliphatic heterocycles. The Balaban J connectivity index is 2.08. The first kappa shape index (κ1) is 15.8. The van der Waals surface area contributed by atoms with Crippen molar-refractivity contribution in [2.24, 2.45) is 5.73 Å². The van der Waals surface area contributed by atoms with Crippen LogP contribution >= 0.6 is 23.2 Å². The van der Waals surface area contributed by atoms with Gasteiger partial charge in [-0.3, -0.25) is 10.1 Å². The maximum atomic E-state index is 10.7. The molecule has 0 bridgehead atoms. The maximum absolute atomic E-state index is 10.7. The van der Waals surface area contributed by atoms with Crippen molar-refractivity contribution in [2.75, 3.05) is 0 Å². The highest BCUT2D eigenvalue weighted by molar-refractivity contribution is 6.31. The lowest BCUT2D eigenvalue weighted by molar-refractivity contribution is -0.384. The summed E-state index contributed by atoms with van der Waals surface area (Å²) in [5, 5.41) is 11.7. The summed E-state index contributed by atoms with van der Waals surface area (Å²) in [5.74, 6) is 0. The second-order valence-electron chi connectivity index (χ2n) is 4.79. The van der Waals surface area contributed by atoms with Gasteiger partial charge in [-0.25, -0.2) is 0 Å². The van der Waals surface area contributed by atoms with Crippen molar-refractivity contribution in [3.05, 3.63) is 73.8 Å². The number of hydrogen-bond donors (Lipinski definition) is 1. The number of nitrogens with two attached hydrogens (primary N) is 1. The molecule has 0 aromatic heterocycles. The van der Waals surface area contributed by atoms with Crippen molar-refractivity contribution in [3.8, 4) is 0 Å². The summed E-state index contributed by atoms with van der Waals surface area (Å²) in [6, 6.07) is 11.8. The molecule has 0 aliphatic rings. The highest BCUT2D eigenvalue weighted by atomic mass is 35.5. The van der Waals surface area contributed by atoms with E-state index in [1.54, 1.807) is 6.07 Å². The Morgan fingerprint density at radius 3 is 2.24 bits per heavy atom. The molecule has 0 aliphatic carbocycles. The lowest BCUT2D eigenvalue weighted by Crippen LogP contribution is -2.25. The summed E-state index contributed by atoms with van der Waals surface area (Å²) in [5.41, 5.74) is 7.87. The molecule has 2 aromatic carbocycles. The monoisotopic (exact) mass is 324 g/mol. The zero-order valence-corrected chi connectivity index (χ0v) is 12.6. The van der Waals surface area contributed by atoms with E-state index in [1.165, 1.54) is 12.1 Å². The Bertz CT molecular complexity index is 662. The third-order valence-corrected chi connectivity index (χ3v) is 3.89. The van der Waals surface area contributed by atoms with Crippen LogP contribution in [0.2, 0.25) is 10.0 Å². The van der Waals surface area contributed by atoms with Crippen LogP contribution in [0.1, 0.15) is 11.1 Å².